The molecule has 0 bridgehead atoms. The van der Waals surface area contributed by atoms with Crippen LogP contribution in [0.5, 0.6) is 5.75 Å². The monoisotopic (exact) mass is 356 g/mol. The molecule has 0 saturated heterocycles. The fraction of sp³-hybridized carbons (Fsp3) is 0.562. The van der Waals surface area contributed by atoms with Gasteiger partial charge in [-0.15, -0.1) is 0 Å². The van der Waals surface area contributed by atoms with Crippen molar-refractivity contribution in [3.8, 4) is 5.75 Å². The summed E-state index contributed by atoms with van der Waals surface area (Å²) in [5.41, 5.74) is 0.582. The van der Waals surface area contributed by atoms with E-state index in [0.29, 0.717) is 19.0 Å². The number of guanidine groups is 1. The van der Waals surface area contributed by atoms with E-state index in [4.69, 9.17) is 4.74 Å². The lowest BCUT2D eigenvalue weighted by molar-refractivity contribution is 0.414. The third-order valence-electron chi connectivity index (χ3n) is 3.25. The summed E-state index contributed by atoms with van der Waals surface area (Å²) in [6.07, 6.45) is 1.99. The molecule has 0 unspecified atom stereocenters. The van der Waals surface area contributed by atoms with Crippen LogP contribution in [-0.2, 0) is 16.4 Å². The lowest BCUT2D eigenvalue weighted by Gasteiger charge is -2.26. The van der Waals surface area contributed by atoms with Gasteiger partial charge in [0.25, 0.3) is 0 Å². The van der Waals surface area contributed by atoms with E-state index in [9.17, 15) is 8.42 Å². The van der Waals surface area contributed by atoms with Gasteiger partial charge < -0.3 is 15.4 Å². The molecule has 7 nitrogen and oxygen atoms in total. The molecular weight excluding hydrogens is 328 g/mol. The smallest absolute Gasteiger partial charge is 0.209 e. The summed E-state index contributed by atoms with van der Waals surface area (Å²) in [5.74, 6) is 1.47. The minimum atomic E-state index is -3.26. The molecule has 0 aliphatic carbocycles. The van der Waals surface area contributed by atoms with Gasteiger partial charge in [0.05, 0.1) is 13.4 Å². The number of benzene rings is 1. The number of hydrogen-bond donors (Lipinski definition) is 3. The van der Waals surface area contributed by atoms with E-state index in [-0.39, 0.29) is 0 Å². The van der Waals surface area contributed by atoms with Crippen molar-refractivity contribution in [2.24, 2.45) is 4.99 Å². The summed E-state index contributed by atoms with van der Waals surface area (Å²) >= 11 is 0. The van der Waals surface area contributed by atoms with E-state index in [1.807, 2.05) is 38.1 Å². The summed E-state index contributed by atoms with van der Waals surface area (Å²) in [5, 5.41) is 6.34. The molecule has 8 heteroatoms. The van der Waals surface area contributed by atoms with Crippen molar-refractivity contribution in [1.82, 2.24) is 15.4 Å². The Hall–Kier alpha value is -1.80. The second-order valence-electron chi connectivity index (χ2n) is 6.21. The summed E-state index contributed by atoms with van der Waals surface area (Å²) in [7, 11) is 0.0697. The average molecular weight is 356 g/mol. The number of rotatable bonds is 8. The number of nitrogens with one attached hydrogen (secondary N) is 3. The van der Waals surface area contributed by atoms with Crippen molar-refractivity contribution in [2.75, 3.05) is 33.5 Å². The van der Waals surface area contributed by atoms with E-state index in [2.05, 4.69) is 20.3 Å². The van der Waals surface area contributed by atoms with Crippen LogP contribution in [0.1, 0.15) is 19.4 Å². The number of ether oxygens (including phenoxy) is 1. The van der Waals surface area contributed by atoms with Gasteiger partial charge in [0.1, 0.15) is 5.75 Å². The van der Waals surface area contributed by atoms with E-state index in [1.165, 1.54) is 5.56 Å². The maximum absolute atomic E-state index is 11.3. The molecular formula is C16H28N4O3S. The molecule has 0 aliphatic heterocycles. The molecule has 3 N–H and O–H groups in total. The van der Waals surface area contributed by atoms with Crippen LogP contribution in [0.15, 0.2) is 29.3 Å². The molecule has 0 spiro atoms. The Bertz CT molecular complexity index is 640. The predicted octanol–water partition coefficient (Wildman–Crippen LogP) is 0.731. The first kappa shape index (κ1) is 20.2. The van der Waals surface area contributed by atoms with Gasteiger partial charge in [-0.25, -0.2) is 13.1 Å². The zero-order valence-corrected chi connectivity index (χ0v) is 15.8. The molecule has 0 atom stereocenters. The molecule has 136 valence electrons. The van der Waals surface area contributed by atoms with Crippen molar-refractivity contribution < 1.29 is 13.2 Å². The quantitative estimate of drug-likeness (QED) is 0.472. The first-order valence-electron chi connectivity index (χ1n) is 7.71. The Labute approximate surface area is 145 Å². The van der Waals surface area contributed by atoms with Crippen molar-refractivity contribution in [3.63, 3.8) is 0 Å². The number of methoxy groups -OCH3 is 1. The molecule has 0 amide bonds. The van der Waals surface area contributed by atoms with Gasteiger partial charge in [-0.1, -0.05) is 12.1 Å². The highest BCUT2D eigenvalue weighted by atomic mass is 32.2. The van der Waals surface area contributed by atoms with Crippen LogP contribution in [-0.4, -0.2) is 53.4 Å². The Morgan fingerprint density at radius 1 is 1.21 bits per heavy atom. The van der Waals surface area contributed by atoms with Gasteiger partial charge in [-0.3, -0.25) is 4.99 Å². The molecule has 0 aliphatic rings. The SMILES string of the molecule is CN=C(NCCc1ccc(OC)cc1)NCC(C)(C)NS(C)(=O)=O. The Balaban J connectivity index is 2.42. The third-order valence-corrected chi connectivity index (χ3v) is 4.17. The van der Waals surface area contributed by atoms with Crippen molar-refractivity contribution in [3.05, 3.63) is 29.8 Å². The zero-order valence-electron chi connectivity index (χ0n) is 15.0. The topological polar surface area (TPSA) is 91.8 Å². The lowest BCUT2D eigenvalue weighted by Crippen LogP contribution is -2.53. The summed E-state index contributed by atoms with van der Waals surface area (Å²) in [6.45, 7) is 4.76. The first-order valence-corrected chi connectivity index (χ1v) is 9.61. The standard InChI is InChI=1S/C16H28N4O3S/c1-16(2,20-24(5,21)22)12-19-15(17-3)18-11-10-13-6-8-14(23-4)9-7-13/h6-9,20H,10-12H2,1-5H3,(H2,17,18,19). The average Bonchev–Trinajstić information content (AvgIpc) is 2.49. The van der Waals surface area contributed by atoms with E-state index in [1.54, 1.807) is 14.2 Å². The maximum atomic E-state index is 11.3. The van der Waals surface area contributed by atoms with Crippen LogP contribution in [0.3, 0.4) is 0 Å². The Morgan fingerprint density at radius 3 is 2.33 bits per heavy atom. The van der Waals surface area contributed by atoms with Crippen LogP contribution < -0.4 is 20.1 Å². The molecule has 1 rings (SSSR count). The molecule has 24 heavy (non-hydrogen) atoms. The molecule has 1 aromatic rings. The molecule has 0 radical (unpaired) electrons. The van der Waals surface area contributed by atoms with Crippen LogP contribution in [0.25, 0.3) is 0 Å². The predicted molar refractivity (Wildman–Crippen MR) is 98.1 cm³/mol. The largest absolute Gasteiger partial charge is 0.497 e. The normalized spacial score (nSPS) is 12.8. The maximum Gasteiger partial charge on any atom is 0.209 e. The lowest BCUT2D eigenvalue weighted by atomic mass is 10.1. The number of hydrogen-bond acceptors (Lipinski definition) is 4. The van der Waals surface area contributed by atoms with Crippen molar-refractivity contribution in [2.45, 2.75) is 25.8 Å². The second kappa shape index (κ2) is 8.89. The fourth-order valence-electron chi connectivity index (χ4n) is 2.18. The van der Waals surface area contributed by atoms with Crippen LogP contribution in [0, 0.1) is 0 Å². The number of aliphatic imine (C=N–C) groups is 1. The molecule has 0 aromatic heterocycles. The minimum Gasteiger partial charge on any atom is -0.497 e. The van der Waals surface area contributed by atoms with E-state index >= 15 is 0 Å². The van der Waals surface area contributed by atoms with Gasteiger partial charge in [0, 0.05) is 25.7 Å². The Kier molecular flexibility index (Phi) is 7.50. The Morgan fingerprint density at radius 2 is 1.83 bits per heavy atom. The van der Waals surface area contributed by atoms with Crippen LogP contribution in [0.4, 0.5) is 0 Å². The van der Waals surface area contributed by atoms with Crippen LogP contribution >= 0.6 is 0 Å². The summed E-state index contributed by atoms with van der Waals surface area (Å²) < 4.78 is 30.4. The molecule has 0 saturated carbocycles. The zero-order chi connectivity index (χ0) is 18.2. The van der Waals surface area contributed by atoms with Gasteiger partial charge in [-0.2, -0.15) is 0 Å². The third kappa shape index (κ3) is 8.16. The van der Waals surface area contributed by atoms with Gasteiger partial charge >= 0.3 is 0 Å². The van der Waals surface area contributed by atoms with Crippen LogP contribution in [0.2, 0.25) is 0 Å². The van der Waals surface area contributed by atoms with Crippen molar-refractivity contribution >= 4 is 16.0 Å². The molecule has 0 heterocycles. The van der Waals surface area contributed by atoms with Crippen molar-refractivity contribution in [1.29, 1.82) is 0 Å². The number of sulfonamides is 1. The second-order valence-corrected chi connectivity index (χ2v) is 7.96. The summed E-state index contributed by atoms with van der Waals surface area (Å²) in [6, 6.07) is 7.91. The van der Waals surface area contributed by atoms with Gasteiger partial charge in [0.2, 0.25) is 10.0 Å². The highest BCUT2D eigenvalue weighted by molar-refractivity contribution is 7.88. The molecule has 1 aromatic carbocycles. The van der Waals surface area contributed by atoms with E-state index < -0.39 is 15.6 Å². The fourth-order valence-corrected chi connectivity index (χ4v) is 3.26. The summed E-state index contributed by atoms with van der Waals surface area (Å²) in [4.78, 5) is 4.14. The highest BCUT2D eigenvalue weighted by Gasteiger charge is 2.22. The number of nitrogens with zero attached hydrogens (tertiary/aromatic N) is 1. The first-order chi connectivity index (χ1) is 11.1. The highest BCUT2D eigenvalue weighted by Crippen LogP contribution is 2.11. The van der Waals surface area contributed by atoms with Gasteiger partial charge in [-0.05, 0) is 38.0 Å². The van der Waals surface area contributed by atoms with E-state index in [0.717, 1.165) is 18.4 Å². The molecule has 0 fully saturated rings. The minimum absolute atomic E-state index is 0.419. The van der Waals surface area contributed by atoms with Gasteiger partial charge in [0.15, 0.2) is 5.96 Å².